The normalized spacial score (nSPS) is 14.9. The molecule has 1 aromatic carbocycles. The van der Waals surface area contributed by atoms with E-state index in [2.05, 4.69) is 9.97 Å². The molecule has 1 saturated heterocycles. The Hall–Kier alpha value is -3.04. The molecule has 10 heteroatoms. The summed E-state index contributed by atoms with van der Waals surface area (Å²) >= 11 is 6.20. The van der Waals surface area contributed by atoms with E-state index in [1.165, 1.54) is 30.4 Å². The predicted molar refractivity (Wildman–Crippen MR) is 102 cm³/mol. The van der Waals surface area contributed by atoms with Gasteiger partial charge in [0.2, 0.25) is 0 Å². The lowest BCUT2D eigenvalue weighted by atomic mass is 10.2. The first-order chi connectivity index (χ1) is 13.5. The van der Waals surface area contributed by atoms with Crippen LogP contribution in [0.3, 0.4) is 0 Å². The number of aromatic nitrogens is 2. The van der Waals surface area contributed by atoms with Crippen LogP contribution in [0.4, 0.5) is 16.0 Å². The smallest absolute Gasteiger partial charge is 0.401 e. The largest absolute Gasteiger partial charge is 0.433 e. The molecule has 0 amide bonds. The van der Waals surface area contributed by atoms with E-state index in [0.29, 0.717) is 42.9 Å². The van der Waals surface area contributed by atoms with E-state index in [1.54, 1.807) is 6.07 Å². The summed E-state index contributed by atoms with van der Waals surface area (Å²) in [5, 5.41) is 11.2. The second-order valence-corrected chi connectivity index (χ2v) is 6.42. The highest BCUT2D eigenvalue weighted by Gasteiger charge is 2.18. The molecule has 0 N–H and O–H groups in total. The third-order valence-electron chi connectivity index (χ3n) is 4.28. The maximum atomic E-state index is 14.5. The lowest BCUT2D eigenvalue weighted by Gasteiger charge is -2.29. The van der Waals surface area contributed by atoms with Crippen LogP contribution in [-0.2, 0) is 4.74 Å². The molecule has 1 aliphatic heterocycles. The standard InChI is InChI=1S/C18H14ClFN4O4/c19-18-12-9-13(20)15(23-5-7-27-8-6-23)10-14(12)21-16(22-18)3-1-11-2-4-17(28-11)24(25)26/h1-4,9-10H,5-8H2/b3-1+. The third kappa shape index (κ3) is 3.67. The molecule has 0 radical (unpaired) electrons. The van der Waals surface area contributed by atoms with E-state index in [1.807, 2.05) is 4.90 Å². The summed E-state index contributed by atoms with van der Waals surface area (Å²) in [5.74, 6) is -0.204. The van der Waals surface area contributed by atoms with Crippen LogP contribution in [-0.4, -0.2) is 41.2 Å². The van der Waals surface area contributed by atoms with Crippen molar-refractivity contribution in [2.45, 2.75) is 0 Å². The number of anilines is 1. The number of halogens is 2. The zero-order valence-corrected chi connectivity index (χ0v) is 15.2. The number of ether oxygens (including phenoxy) is 1. The first kappa shape index (κ1) is 18.3. The number of furan rings is 1. The summed E-state index contributed by atoms with van der Waals surface area (Å²) in [5.41, 5.74) is 0.926. The highest BCUT2D eigenvalue weighted by Crippen LogP contribution is 2.29. The van der Waals surface area contributed by atoms with Gasteiger partial charge in [-0.25, -0.2) is 14.4 Å². The number of nitro groups is 1. The van der Waals surface area contributed by atoms with Crippen LogP contribution in [0.1, 0.15) is 11.6 Å². The van der Waals surface area contributed by atoms with Crippen LogP contribution in [0.2, 0.25) is 5.15 Å². The molecule has 0 unspecified atom stereocenters. The lowest BCUT2D eigenvalue weighted by molar-refractivity contribution is -0.402. The van der Waals surface area contributed by atoms with Crippen molar-refractivity contribution in [3.8, 4) is 0 Å². The van der Waals surface area contributed by atoms with Gasteiger partial charge in [-0.1, -0.05) is 11.6 Å². The molecule has 2 aromatic heterocycles. The SMILES string of the molecule is O=[N+]([O-])c1ccc(/C=C/c2nc(Cl)c3cc(F)c(N4CCOCC4)cc3n2)o1. The minimum Gasteiger partial charge on any atom is -0.401 e. The number of fused-ring (bicyclic) bond motifs is 1. The van der Waals surface area contributed by atoms with Gasteiger partial charge in [0, 0.05) is 18.5 Å². The Morgan fingerprint density at radius 3 is 2.71 bits per heavy atom. The van der Waals surface area contributed by atoms with Crippen LogP contribution in [0.15, 0.2) is 28.7 Å². The fourth-order valence-electron chi connectivity index (χ4n) is 2.93. The number of rotatable bonds is 4. The Morgan fingerprint density at radius 1 is 1.21 bits per heavy atom. The van der Waals surface area contributed by atoms with Gasteiger partial charge in [0.1, 0.15) is 21.7 Å². The summed E-state index contributed by atoms with van der Waals surface area (Å²) in [4.78, 5) is 20.5. The molecule has 1 aliphatic rings. The average molecular weight is 405 g/mol. The summed E-state index contributed by atoms with van der Waals surface area (Å²) in [6.07, 6.45) is 3.02. The quantitative estimate of drug-likeness (QED) is 0.369. The van der Waals surface area contributed by atoms with Gasteiger partial charge in [0.05, 0.1) is 30.5 Å². The van der Waals surface area contributed by atoms with E-state index >= 15 is 0 Å². The van der Waals surface area contributed by atoms with Crippen molar-refractivity contribution in [3.63, 3.8) is 0 Å². The maximum Gasteiger partial charge on any atom is 0.433 e. The van der Waals surface area contributed by atoms with E-state index in [4.69, 9.17) is 20.8 Å². The molecule has 0 spiro atoms. The zero-order chi connectivity index (χ0) is 19.7. The molecule has 0 saturated carbocycles. The van der Waals surface area contributed by atoms with Crippen LogP contribution in [0.25, 0.3) is 23.1 Å². The Kier molecular flexibility index (Phi) is 4.93. The predicted octanol–water partition coefficient (Wildman–Crippen LogP) is 3.93. The van der Waals surface area contributed by atoms with Crippen LogP contribution >= 0.6 is 11.6 Å². The maximum absolute atomic E-state index is 14.5. The summed E-state index contributed by atoms with van der Waals surface area (Å²) in [6.45, 7) is 2.24. The molecule has 0 atom stereocenters. The summed E-state index contributed by atoms with van der Waals surface area (Å²) in [7, 11) is 0. The van der Waals surface area contributed by atoms with Gasteiger partial charge in [-0.2, -0.15) is 0 Å². The first-order valence-electron chi connectivity index (χ1n) is 8.43. The summed E-state index contributed by atoms with van der Waals surface area (Å²) in [6, 6.07) is 5.68. The van der Waals surface area contributed by atoms with Crippen molar-refractivity contribution in [1.82, 2.24) is 9.97 Å². The topological polar surface area (TPSA) is 94.5 Å². The summed E-state index contributed by atoms with van der Waals surface area (Å²) < 4.78 is 24.9. The van der Waals surface area contributed by atoms with Crippen LogP contribution in [0.5, 0.6) is 0 Å². The Balaban J connectivity index is 1.68. The van der Waals surface area contributed by atoms with E-state index in [9.17, 15) is 14.5 Å². The molecule has 144 valence electrons. The number of benzene rings is 1. The minimum atomic E-state index is -0.623. The van der Waals surface area contributed by atoms with Crippen molar-refractivity contribution >= 4 is 46.2 Å². The first-order valence-corrected chi connectivity index (χ1v) is 8.81. The number of hydrogen-bond donors (Lipinski definition) is 0. The van der Waals surface area contributed by atoms with Gasteiger partial charge >= 0.3 is 5.88 Å². The van der Waals surface area contributed by atoms with Crippen LogP contribution in [0, 0.1) is 15.9 Å². The monoisotopic (exact) mass is 404 g/mol. The Bertz CT molecular complexity index is 1080. The Morgan fingerprint density at radius 2 is 2.00 bits per heavy atom. The molecule has 28 heavy (non-hydrogen) atoms. The van der Waals surface area contributed by atoms with Crippen molar-refractivity contribution in [1.29, 1.82) is 0 Å². The van der Waals surface area contributed by atoms with Gasteiger partial charge < -0.3 is 14.1 Å². The van der Waals surface area contributed by atoms with Gasteiger partial charge in [-0.3, -0.25) is 10.1 Å². The molecule has 4 rings (SSSR count). The van der Waals surface area contributed by atoms with E-state index in [-0.39, 0.29) is 22.6 Å². The zero-order valence-electron chi connectivity index (χ0n) is 14.5. The lowest BCUT2D eigenvalue weighted by Crippen LogP contribution is -2.36. The Labute approximate surface area is 163 Å². The van der Waals surface area contributed by atoms with Gasteiger partial charge in [-0.05, 0) is 30.4 Å². The van der Waals surface area contributed by atoms with E-state index in [0.717, 1.165) is 0 Å². The van der Waals surface area contributed by atoms with E-state index < -0.39 is 10.7 Å². The molecular formula is C18H14ClFN4O4. The molecular weight excluding hydrogens is 391 g/mol. The second kappa shape index (κ2) is 7.53. The number of hydrogen-bond acceptors (Lipinski definition) is 7. The highest BCUT2D eigenvalue weighted by atomic mass is 35.5. The van der Waals surface area contributed by atoms with Gasteiger partial charge in [0.25, 0.3) is 0 Å². The van der Waals surface area contributed by atoms with Gasteiger partial charge in [-0.15, -0.1) is 0 Å². The molecule has 0 aliphatic carbocycles. The van der Waals surface area contributed by atoms with Crippen molar-refractivity contribution < 1.29 is 18.5 Å². The van der Waals surface area contributed by atoms with Crippen LogP contribution < -0.4 is 4.90 Å². The molecule has 0 bridgehead atoms. The third-order valence-corrected chi connectivity index (χ3v) is 4.56. The minimum absolute atomic E-state index is 0.113. The second-order valence-electron chi connectivity index (χ2n) is 6.06. The highest BCUT2D eigenvalue weighted by molar-refractivity contribution is 6.34. The van der Waals surface area contributed by atoms with Crippen molar-refractivity contribution in [2.75, 3.05) is 31.2 Å². The molecule has 3 heterocycles. The fraction of sp³-hybridized carbons (Fsp3) is 0.222. The van der Waals surface area contributed by atoms with Crippen molar-refractivity contribution in [3.05, 3.63) is 56.9 Å². The molecule has 8 nitrogen and oxygen atoms in total. The van der Waals surface area contributed by atoms with Crippen molar-refractivity contribution in [2.24, 2.45) is 0 Å². The number of nitrogens with zero attached hydrogens (tertiary/aromatic N) is 4. The van der Waals surface area contributed by atoms with Gasteiger partial charge in [0.15, 0.2) is 5.82 Å². The average Bonchev–Trinajstić information content (AvgIpc) is 3.17. The number of morpholine rings is 1. The molecule has 1 fully saturated rings. The molecule has 3 aromatic rings. The fourth-order valence-corrected chi connectivity index (χ4v) is 3.16.